The van der Waals surface area contributed by atoms with Crippen molar-refractivity contribution in [2.24, 2.45) is 0 Å². The summed E-state index contributed by atoms with van der Waals surface area (Å²) in [6, 6.07) is 9.26. The number of methoxy groups -OCH3 is 1. The summed E-state index contributed by atoms with van der Waals surface area (Å²) in [7, 11) is 3.41. The topological polar surface area (TPSA) is 76.6 Å². The van der Waals surface area contributed by atoms with Gasteiger partial charge in [-0.25, -0.2) is 4.98 Å². The van der Waals surface area contributed by atoms with Crippen molar-refractivity contribution in [3.05, 3.63) is 41.9 Å². The van der Waals surface area contributed by atoms with Gasteiger partial charge >= 0.3 is 0 Å². The highest BCUT2D eigenvalue weighted by Gasteiger charge is 2.25. The molecule has 0 bridgehead atoms. The maximum absolute atomic E-state index is 12.0. The van der Waals surface area contributed by atoms with Gasteiger partial charge in [0, 0.05) is 36.8 Å². The Labute approximate surface area is 159 Å². The van der Waals surface area contributed by atoms with Crippen molar-refractivity contribution in [1.29, 1.82) is 0 Å². The molecule has 7 heteroatoms. The summed E-state index contributed by atoms with van der Waals surface area (Å²) in [6.45, 7) is 3.78. The van der Waals surface area contributed by atoms with Gasteiger partial charge in [-0.05, 0) is 38.9 Å². The maximum atomic E-state index is 12.0. The summed E-state index contributed by atoms with van der Waals surface area (Å²) in [5.74, 6) is 3.09. The van der Waals surface area contributed by atoms with Gasteiger partial charge in [-0.3, -0.25) is 4.79 Å². The number of carbonyl (C=O) groups excluding carboxylic acids is 1. The Morgan fingerprint density at radius 3 is 2.67 bits per heavy atom. The number of likely N-dealkylation sites (tertiary alicyclic amines) is 1. The van der Waals surface area contributed by atoms with Crippen molar-refractivity contribution >= 4 is 5.91 Å². The third kappa shape index (κ3) is 4.95. The molecule has 7 nitrogen and oxygen atoms in total. The minimum atomic E-state index is 0.142. The van der Waals surface area contributed by atoms with E-state index >= 15 is 0 Å². The summed E-state index contributed by atoms with van der Waals surface area (Å²) in [6.07, 6.45) is 1.72. The van der Waals surface area contributed by atoms with Crippen molar-refractivity contribution in [3.8, 4) is 17.4 Å². The van der Waals surface area contributed by atoms with Gasteiger partial charge in [-0.1, -0.05) is 6.07 Å². The first-order valence-electron chi connectivity index (χ1n) is 9.19. The fourth-order valence-electron chi connectivity index (χ4n) is 3.23. The summed E-state index contributed by atoms with van der Waals surface area (Å²) < 4.78 is 11.2. The average molecular weight is 370 g/mol. The van der Waals surface area contributed by atoms with E-state index < -0.39 is 0 Å². The Morgan fingerprint density at radius 1 is 1.22 bits per heavy atom. The predicted molar refractivity (Wildman–Crippen MR) is 102 cm³/mol. The van der Waals surface area contributed by atoms with E-state index in [9.17, 15) is 4.79 Å². The lowest BCUT2D eigenvalue weighted by Gasteiger charge is -2.31. The number of aromatic nitrogens is 2. The molecule has 1 aromatic carbocycles. The standard InChI is InChI=1S/C20H26N4O3/c1-14-11-18(27-17-6-4-5-16(12-17)26-3)23-20(22-14)15-7-9-24(10-8-15)19(25)13-21-2/h4-6,11-12,15,21H,7-10,13H2,1-3H3. The van der Waals surface area contributed by atoms with Gasteiger partial charge in [0.2, 0.25) is 11.8 Å². The van der Waals surface area contributed by atoms with Gasteiger partial charge in [0.1, 0.15) is 17.3 Å². The third-order valence-electron chi connectivity index (χ3n) is 4.65. The highest BCUT2D eigenvalue weighted by molar-refractivity contribution is 5.78. The second-order valence-electron chi connectivity index (χ2n) is 6.67. The zero-order valence-electron chi connectivity index (χ0n) is 16.1. The second-order valence-corrected chi connectivity index (χ2v) is 6.67. The number of ether oxygens (including phenoxy) is 2. The maximum Gasteiger partial charge on any atom is 0.236 e. The van der Waals surface area contributed by atoms with E-state index in [1.165, 1.54) is 0 Å². The zero-order chi connectivity index (χ0) is 19.2. The molecule has 1 amide bonds. The molecule has 1 aliphatic heterocycles. The van der Waals surface area contributed by atoms with Crippen molar-refractivity contribution in [3.63, 3.8) is 0 Å². The Bertz CT molecular complexity index is 789. The minimum Gasteiger partial charge on any atom is -0.497 e. The molecular formula is C20H26N4O3. The van der Waals surface area contributed by atoms with E-state index in [0.717, 1.165) is 43.2 Å². The van der Waals surface area contributed by atoms with Crippen molar-refractivity contribution in [2.45, 2.75) is 25.7 Å². The number of likely N-dealkylation sites (N-methyl/N-ethyl adjacent to an activating group) is 1. The minimum absolute atomic E-state index is 0.142. The van der Waals surface area contributed by atoms with Gasteiger partial charge in [-0.2, -0.15) is 4.98 Å². The molecule has 144 valence electrons. The van der Waals surface area contributed by atoms with Crippen LogP contribution in [0.4, 0.5) is 0 Å². The first-order valence-corrected chi connectivity index (χ1v) is 9.19. The predicted octanol–water partition coefficient (Wildman–Crippen LogP) is 2.51. The third-order valence-corrected chi connectivity index (χ3v) is 4.65. The van der Waals surface area contributed by atoms with Crippen LogP contribution in [0.3, 0.4) is 0 Å². The number of nitrogens with zero attached hydrogens (tertiary/aromatic N) is 3. The molecule has 0 aliphatic carbocycles. The molecule has 2 heterocycles. The van der Waals surface area contributed by atoms with Crippen LogP contribution in [0.25, 0.3) is 0 Å². The Balaban J connectivity index is 1.69. The van der Waals surface area contributed by atoms with E-state index in [1.54, 1.807) is 14.2 Å². The largest absolute Gasteiger partial charge is 0.497 e. The normalized spacial score (nSPS) is 14.9. The molecule has 1 N–H and O–H groups in total. The van der Waals surface area contributed by atoms with Gasteiger partial charge in [0.05, 0.1) is 13.7 Å². The molecule has 27 heavy (non-hydrogen) atoms. The van der Waals surface area contributed by atoms with Crippen LogP contribution in [0.1, 0.15) is 30.3 Å². The van der Waals surface area contributed by atoms with E-state index in [1.807, 2.05) is 42.2 Å². The molecule has 1 aliphatic rings. The molecule has 3 rings (SSSR count). The summed E-state index contributed by atoms with van der Waals surface area (Å²) >= 11 is 0. The van der Waals surface area contributed by atoms with Crippen LogP contribution in [0.5, 0.6) is 17.4 Å². The van der Waals surface area contributed by atoms with Gasteiger partial charge in [0.25, 0.3) is 0 Å². The van der Waals surface area contributed by atoms with Crippen molar-refractivity contribution in [2.75, 3.05) is 33.8 Å². The van der Waals surface area contributed by atoms with Crippen LogP contribution >= 0.6 is 0 Å². The lowest BCUT2D eigenvalue weighted by molar-refractivity contribution is -0.131. The average Bonchev–Trinajstić information content (AvgIpc) is 2.68. The number of benzene rings is 1. The van der Waals surface area contributed by atoms with E-state index in [-0.39, 0.29) is 11.8 Å². The number of hydrogen-bond donors (Lipinski definition) is 1. The quantitative estimate of drug-likeness (QED) is 0.842. The van der Waals surface area contributed by atoms with Crippen LogP contribution in [-0.4, -0.2) is 54.6 Å². The number of aryl methyl sites for hydroxylation is 1. The first kappa shape index (κ1) is 19.1. The number of nitrogens with one attached hydrogen (secondary N) is 1. The Hall–Kier alpha value is -2.67. The molecule has 0 saturated carbocycles. The van der Waals surface area contributed by atoms with E-state index in [2.05, 4.69) is 15.3 Å². The zero-order valence-corrected chi connectivity index (χ0v) is 16.1. The molecular weight excluding hydrogens is 344 g/mol. The Kier molecular flexibility index (Phi) is 6.24. The molecule has 2 aromatic rings. The molecule has 0 radical (unpaired) electrons. The lowest BCUT2D eigenvalue weighted by Crippen LogP contribution is -2.42. The monoisotopic (exact) mass is 370 g/mol. The number of amides is 1. The fourth-order valence-corrected chi connectivity index (χ4v) is 3.23. The van der Waals surface area contributed by atoms with E-state index in [4.69, 9.17) is 9.47 Å². The Morgan fingerprint density at radius 2 is 1.96 bits per heavy atom. The van der Waals surface area contributed by atoms with Crippen LogP contribution in [-0.2, 0) is 4.79 Å². The molecule has 0 spiro atoms. The number of rotatable bonds is 6. The number of piperidine rings is 1. The first-order chi connectivity index (χ1) is 13.1. The van der Waals surface area contributed by atoms with Crippen LogP contribution < -0.4 is 14.8 Å². The highest BCUT2D eigenvalue weighted by Crippen LogP contribution is 2.29. The molecule has 0 unspecified atom stereocenters. The number of carbonyl (C=O) groups is 1. The second kappa shape index (κ2) is 8.81. The molecule has 1 aromatic heterocycles. The SMILES string of the molecule is CNCC(=O)N1CCC(c2nc(C)cc(Oc3cccc(OC)c3)n2)CC1. The van der Waals surface area contributed by atoms with Gasteiger partial charge < -0.3 is 19.7 Å². The molecule has 0 atom stereocenters. The summed E-state index contributed by atoms with van der Waals surface area (Å²) in [4.78, 5) is 23.1. The van der Waals surface area contributed by atoms with Gasteiger partial charge in [0.15, 0.2) is 0 Å². The van der Waals surface area contributed by atoms with E-state index in [0.29, 0.717) is 18.2 Å². The van der Waals surface area contributed by atoms with Crippen molar-refractivity contribution < 1.29 is 14.3 Å². The van der Waals surface area contributed by atoms with Crippen LogP contribution in [0.2, 0.25) is 0 Å². The summed E-state index contributed by atoms with van der Waals surface area (Å²) in [5.41, 5.74) is 0.867. The van der Waals surface area contributed by atoms with Crippen LogP contribution in [0.15, 0.2) is 30.3 Å². The van der Waals surface area contributed by atoms with Crippen LogP contribution in [0, 0.1) is 6.92 Å². The van der Waals surface area contributed by atoms with Crippen molar-refractivity contribution in [1.82, 2.24) is 20.2 Å². The molecule has 1 fully saturated rings. The highest BCUT2D eigenvalue weighted by atomic mass is 16.5. The fraction of sp³-hybridized carbons (Fsp3) is 0.450. The molecule has 1 saturated heterocycles. The smallest absolute Gasteiger partial charge is 0.236 e. The number of hydrogen-bond acceptors (Lipinski definition) is 6. The summed E-state index contributed by atoms with van der Waals surface area (Å²) in [5, 5.41) is 2.91. The van der Waals surface area contributed by atoms with Gasteiger partial charge in [-0.15, -0.1) is 0 Å². The lowest BCUT2D eigenvalue weighted by atomic mass is 9.95.